The number of aromatic nitrogens is 5. The van der Waals surface area contributed by atoms with E-state index >= 15 is 0 Å². The lowest BCUT2D eigenvalue weighted by Crippen LogP contribution is -2.06. The standard InChI is InChI=1S/C25H20N6O2/c1-14-22(21-10-8-17(12-27-21)25(32)33)30-24-19(13-28-31(24)23(14)26)18-9-11-20(29-15(18)2)16-6-4-3-5-7-16/h3-13H,26H2,1-2H3,(H,32,33). The number of carboxylic acid groups (broad SMARTS) is 1. The van der Waals surface area contributed by atoms with Gasteiger partial charge in [0, 0.05) is 34.1 Å². The number of fused-ring (bicyclic) bond motifs is 1. The van der Waals surface area contributed by atoms with Gasteiger partial charge in [-0.05, 0) is 32.0 Å². The molecule has 0 aliphatic heterocycles. The topological polar surface area (TPSA) is 119 Å². The summed E-state index contributed by atoms with van der Waals surface area (Å²) in [4.78, 5) is 25.1. The molecule has 4 heterocycles. The van der Waals surface area contributed by atoms with Crippen molar-refractivity contribution >= 4 is 17.4 Å². The van der Waals surface area contributed by atoms with E-state index in [0.717, 1.165) is 28.1 Å². The van der Waals surface area contributed by atoms with Crippen LogP contribution in [0.5, 0.6) is 0 Å². The molecule has 0 aliphatic carbocycles. The van der Waals surface area contributed by atoms with Crippen LogP contribution in [-0.4, -0.2) is 35.6 Å². The quantitative estimate of drug-likeness (QED) is 0.428. The van der Waals surface area contributed by atoms with Gasteiger partial charge in [-0.2, -0.15) is 9.61 Å². The molecule has 162 valence electrons. The molecule has 5 aromatic rings. The zero-order valence-corrected chi connectivity index (χ0v) is 18.0. The Hall–Kier alpha value is -4.59. The number of pyridine rings is 2. The smallest absolute Gasteiger partial charge is 0.337 e. The van der Waals surface area contributed by atoms with E-state index < -0.39 is 5.97 Å². The van der Waals surface area contributed by atoms with E-state index in [1.165, 1.54) is 12.3 Å². The second-order valence-electron chi connectivity index (χ2n) is 7.70. The first-order valence-corrected chi connectivity index (χ1v) is 10.3. The Labute approximate surface area is 189 Å². The average molecular weight is 436 g/mol. The molecule has 0 radical (unpaired) electrons. The van der Waals surface area contributed by atoms with E-state index in [2.05, 4.69) is 10.1 Å². The number of rotatable bonds is 4. The molecule has 0 amide bonds. The molecule has 0 saturated heterocycles. The summed E-state index contributed by atoms with van der Waals surface area (Å²) in [6.07, 6.45) is 3.04. The normalized spacial score (nSPS) is 11.1. The summed E-state index contributed by atoms with van der Waals surface area (Å²) in [6, 6.07) is 17.1. The van der Waals surface area contributed by atoms with E-state index in [1.54, 1.807) is 16.8 Å². The summed E-state index contributed by atoms with van der Waals surface area (Å²) in [5.74, 6) is -0.592. The lowest BCUT2D eigenvalue weighted by Gasteiger charge is -2.11. The number of hydrogen-bond donors (Lipinski definition) is 2. The fourth-order valence-corrected chi connectivity index (χ4v) is 3.81. The second kappa shape index (κ2) is 7.83. The van der Waals surface area contributed by atoms with Crippen molar-refractivity contribution < 1.29 is 9.90 Å². The number of aromatic carboxylic acids is 1. The van der Waals surface area contributed by atoms with Gasteiger partial charge < -0.3 is 10.8 Å². The summed E-state index contributed by atoms with van der Waals surface area (Å²) in [5.41, 5.74) is 13.4. The van der Waals surface area contributed by atoms with Crippen molar-refractivity contribution in [2.75, 3.05) is 5.73 Å². The molecule has 0 unspecified atom stereocenters. The summed E-state index contributed by atoms with van der Waals surface area (Å²) >= 11 is 0. The van der Waals surface area contributed by atoms with Gasteiger partial charge in [0.2, 0.25) is 0 Å². The Kier molecular flexibility index (Phi) is 4.82. The highest BCUT2D eigenvalue weighted by atomic mass is 16.4. The zero-order valence-electron chi connectivity index (χ0n) is 18.0. The fraction of sp³-hybridized carbons (Fsp3) is 0.0800. The predicted octanol–water partition coefficient (Wildman–Crippen LogP) is 4.42. The van der Waals surface area contributed by atoms with Crippen LogP contribution in [-0.2, 0) is 0 Å². The van der Waals surface area contributed by atoms with Crippen LogP contribution in [0.3, 0.4) is 0 Å². The summed E-state index contributed by atoms with van der Waals surface area (Å²) < 4.78 is 1.60. The predicted molar refractivity (Wildman–Crippen MR) is 126 cm³/mol. The lowest BCUT2D eigenvalue weighted by atomic mass is 10.0. The zero-order chi connectivity index (χ0) is 23.1. The number of carbonyl (C=O) groups is 1. The molecule has 33 heavy (non-hydrogen) atoms. The van der Waals surface area contributed by atoms with Gasteiger partial charge in [0.25, 0.3) is 0 Å². The van der Waals surface area contributed by atoms with Gasteiger partial charge in [-0.1, -0.05) is 36.4 Å². The second-order valence-corrected chi connectivity index (χ2v) is 7.70. The maximum atomic E-state index is 11.2. The van der Waals surface area contributed by atoms with Crippen molar-refractivity contribution in [1.29, 1.82) is 0 Å². The highest BCUT2D eigenvalue weighted by Gasteiger charge is 2.19. The monoisotopic (exact) mass is 436 g/mol. The van der Waals surface area contributed by atoms with E-state index in [4.69, 9.17) is 20.8 Å². The van der Waals surface area contributed by atoms with Gasteiger partial charge >= 0.3 is 5.97 Å². The van der Waals surface area contributed by atoms with E-state index in [9.17, 15) is 4.79 Å². The first-order chi connectivity index (χ1) is 15.9. The summed E-state index contributed by atoms with van der Waals surface area (Å²) in [7, 11) is 0. The highest BCUT2D eigenvalue weighted by molar-refractivity contribution is 5.88. The van der Waals surface area contributed by atoms with Crippen molar-refractivity contribution in [2.45, 2.75) is 13.8 Å². The molecule has 0 saturated carbocycles. The molecule has 8 nitrogen and oxygen atoms in total. The van der Waals surface area contributed by atoms with Gasteiger partial charge in [-0.15, -0.1) is 0 Å². The van der Waals surface area contributed by atoms with E-state index in [1.807, 2.05) is 56.3 Å². The van der Waals surface area contributed by atoms with Crippen molar-refractivity contribution in [3.63, 3.8) is 0 Å². The number of benzene rings is 1. The van der Waals surface area contributed by atoms with E-state index in [-0.39, 0.29) is 5.56 Å². The van der Waals surface area contributed by atoms with Crippen LogP contribution in [0.2, 0.25) is 0 Å². The Morgan fingerprint density at radius 1 is 0.909 bits per heavy atom. The lowest BCUT2D eigenvalue weighted by molar-refractivity contribution is 0.0696. The van der Waals surface area contributed by atoms with Gasteiger partial charge in [0.1, 0.15) is 5.82 Å². The Bertz CT molecular complexity index is 1510. The van der Waals surface area contributed by atoms with Gasteiger partial charge in [0.05, 0.1) is 28.8 Å². The van der Waals surface area contributed by atoms with Crippen molar-refractivity contribution in [3.05, 3.63) is 83.8 Å². The van der Waals surface area contributed by atoms with Crippen molar-refractivity contribution in [1.82, 2.24) is 24.6 Å². The number of anilines is 1. The first kappa shape index (κ1) is 20.3. The SMILES string of the molecule is Cc1nc(-c2ccccc2)ccc1-c1cnn2c(N)c(C)c(-c3ccc(C(=O)O)cn3)nc12. The molecule has 8 heteroatoms. The van der Waals surface area contributed by atoms with Crippen LogP contribution in [0.4, 0.5) is 5.82 Å². The number of hydrogen-bond acceptors (Lipinski definition) is 6. The number of aryl methyl sites for hydroxylation is 1. The third-order valence-electron chi connectivity index (χ3n) is 5.63. The minimum Gasteiger partial charge on any atom is -0.478 e. The average Bonchev–Trinajstić information content (AvgIpc) is 3.26. The molecule has 0 bridgehead atoms. The van der Waals surface area contributed by atoms with Crippen LogP contribution in [0, 0.1) is 13.8 Å². The third kappa shape index (κ3) is 3.47. The van der Waals surface area contributed by atoms with Gasteiger partial charge in [-0.25, -0.2) is 9.78 Å². The van der Waals surface area contributed by atoms with Crippen molar-refractivity contribution in [2.24, 2.45) is 0 Å². The van der Waals surface area contributed by atoms with E-state index in [0.29, 0.717) is 28.4 Å². The maximum Gasteiger partial charge on any atom is 0.337 e. The first-order valence-electron chi connectivity index (χ1n) is 10.3. The number of nitrogens with zero attached hydrogens (tertiary/aromatic N) is 5. The van der Waals surface area contributed by atoms with Crippen LogP contribution >= 0.6 is 0 Å². The van der Waals surface area contributed by atoms with Crippen molar-refractivity contribution in [3.8, 4) is 33.8 Å². The van der Waals surface area contributed by atoms with Crippen LogP contribution in [0.15, 0.2) is 67.0 Å². The molecule has 4 aromatic heterocycles. The molecule has 5 rings (SSSR count). The molecular weight excluding hydrogens is 416 g/mol. The molecule has 0 spiro atoms. The Balaban J connectivity index is 1.64. The Morgan fingerprint density at radius 2 is 1.67 bits per heavy atom. The number of nitrogens with two attached hydrogens (primary N) is 1. The molecule has 0 atom stereocenters. The number of nitrogen functional groups attached to an aromatic ring is 1. The molecule has 3 N–H and O–H groups in total. The Morgan fingerprint density at radius 3 is 2.33 bits per heavy atom. The molecule has 1 aromatic carbocycles. The molecular formula is C25H20N6O2. The van der Waals surface area contributed by atoms with Crippen LogP contribution < -0.4 is 5.73 Å². The summed E-state index contributed by atoms with van der Waals surface area (Å²) in [6.45, 7) is 3.79. The van der Waals surface area contributed by atoms with Gasteiger partial charge in [0.15, 0.2) is 5.65 Å². The minimum absolute atomic E-state index is 0.107. The van der Waals surface area contributed by atoms with Crippen LogP contribution in [0.1, 0.15) is 21.6 Å². The summed E-state index contributed by atoms with van der Waals surface area (Å²) in [5, 5.41) is 13.6. The maximum absolute atomic E-state index is 11.2. The van der Waals surface area contributed by atoms with Crippen LogP contribution in [0.25, 0.3) is 39.4 Å². The third-order valence-corrected chi connectivity index (χ3v) is 5.63. The highest BCUT2D eigenvalue weighted by Crippen LogP contribution is 2.32. The largest absolute Gasteiger partial charge is 0.478 e. The minimum atomic E-state index is -1.03. The fourth-order valence-electron chi connectivity index (χ4n) is 3.81. The number of carboxylic acids is 1. The molecule has 0 fully saturated rings. The van der Waals surface area contributed by atoms with Gasteiger partial charge in [-0.3, -0.25) is 9.97 Å². The molecule has 0 aliphatic rings.